The van der Waals surface area contributed by atoms with E-state index >= 15 is 0 Å². The molecule has 1 heterocycles. The van der Waals surface area contributed by atoms with Gasteiger partial charge in [-0.15, -0.1) is 0 Å². The second-order valence-electron chi connectivity index (χ2n) is 6.30. The summed E-state index contributed by atoms with van der Waals surface area (Å²) in [6, 6.07) is 7.59. The number of rotatable bonds is 8. The molecule has 0 aliphatic heterocycles. The van der Waals surface area contributed by atoms with Crippen LogP contribution in [-0.4, -0.2) is 53.9 Å². The highest BCUT2D eigenvalue weighted by molar-refractivity contribution is 5.91. The molecule has 1 amide bonds. The third-order valence-corrected chi connectivity index (χ3v) is 3.61. The Morgan fingerprint density at radius 2 is 2.12 bits per heavy atom. The number of likely N-dealkylation sites (N-methyl/N-ethyl adjacent to an activating group) is 1. The number of benzene rings is 1. The number of aromatic nitrogens is 1. The van der Waals surface area contributed by atoms with Gasteiger partial charge >= 0.3 is 0 Å². The summed E-state index contributed by atoms with van der Waals surface area (Å²) >= 11 is 0. The summed E-state index contributed by atoms with van der Waals surface area (Å²) in [5.74, 6) is 1.55. The standard InChI is InChI=1S/C18H25N3O4/c1-12-5-6-13(2)16(7-12)24-11-15(22)9-21(4)10-18(23)19-17-8-14(3)25-20-17/h5-8,15,22H,9-11H2,1-4H3,(H,19,20,23)/t15-/m1/s1. The van der Waals surface area contributed by atoms with Gasteiger partial charge in [-0.1, -0.05) is 17.3 Å². The van der Waals surface area contributed by atoms with Gasteiger partial charge in [0.25, 0.3) is 0 Å². The van der Waals surface area contributed by atoms with Crippen LogP contribution < -0.4 is 10.1 Å². The van der Waals surface area contributed by atoms with Crippen LogP contribution in [0.5, 0.6) is 5.75 Å². The molecular weight excluding hydrogens is 322 g/mol. The molecule has 1 aromatic heterocycles. The minimum absolute atomic E-state index is 0.131. The van der Waals surface area contributed by atoms with Crippen molar-refractivity contribution in [1.29, 1.82) is 0 Å². The molecule has 2 rings (SSSR count). The topological polar surface area (TPSA) is 87.8 Å². The van der Waals surface area contributed by atoms with E-state index in [-0.39, 0.29) is 19.1 Å². The maximum Gasteiger partial charge on any atom is 0.239 e. The second-order valence-corrected chi connectivity index (χ2v) is 6.30. The van der Waals surface area contributed by atoms with E-state index in [1.54, 1.807) is 24.9 Å². The van der Waals surface area contributed by atoms with Crippen LogP contribution in [0.3, 0.4) is 0 Å². The van der Waals surface area contributed by atoms with Gasteiger partial charge in [-0.2, -0.15) is 0 Å². The molecule has 0 spiro atoms. The van der Waals surface area contributed by atoms with Gasteiger partial charge in [0.1, 0.15) is 24.2 Å². The maximum absolute atomic E-state index is 11.9. The smallest absolute Gasteiger partial charge is 0.239 e. The zero-order chi connectivity index (χ0) is 18.4. The predicted octanol–water partition coefficient (Wildman–Crippen LogP) is 1.91. The molecule has 136 valence electrons. The number of hydrogen-bond acceptors (Lipinski definition) is 6. The minimum Gasteiger partial charge on any atom is -0.491 e. The Balaban J connectivity index is 1.74. The number of ether oxygens (including phenoxy) is 1. The average Bonchev–Trinajstić information content (AvgIpc) is 2.92. The van der Waals surface area contributed by atoms with E-state index in [0.29, 0.717) is 18.1 Å². The van der Waals surface area contributed by atoms with E-state index in [1.165, 1.54) is 0 Å². The Hall–Kier alpha value is -2.38. The van der Waals surface area contributed by atoms with Crippen LogP contribution in [0, 0.1) is 20.8 Å². The highest BCUT2D eigenvalue weighted by atomic mass is 16.5. The van der Waals surface area contributed by atoms with Crippen LogP contribution in [0.2, 0.25) is 0 Å². The van der Waals surface area contributed by atoms with Crippen molar-refractivity contribution in [2.24, 2.45) is 0 Å². The summed E-state index contributed by atoms with van der Waals surface area (Å²) in [6.07, 6.45) is -0.702. The lowest BCUT2D eigenvalue weighted by Crippen LogP contribution is -2.37. The fourth-order valence-electron chi connectivity index (χ4n) is 2.38. The number of anilines is 1. The molecule has 7 heteroatoms. The molecule has 0 radical (unpaired) electrons. The van der Waals surface area contributed by atoms with E-state index in [4.69, 9.17) is 9.26 Å². The fraction of sp³-hybridized carbons (Fsp3) is 0.444. The number of nitrogens with zero attached hydrogens (tertiary/aromatic N) is 2. The van der Waals surface area contributed by atoms with Crippen molar-refractivity contribution in [3.05, 3.63) is 41.2 Å². The maximum atomic E-state index is 11.9. The third kappa shape index (κ3) is 6.21. The Labute approximate surface area is 147 Å². The van der Waals surface area contributed by atoms with Crippen LogP contribution in [0.15, 0.2) is 28.8 Å². The largest absolute Gasteiger partial charge is 0.491 e. The van der Waals surface area contributed by atoms with Gasteiger partial charge in [-0.05, 0) is 45.0 Å². The Morgan fingerprint density at radius 3 is 2.80 bits per heavy atom. The van der Waals surface area contributed by atoms with E-state index in [0.717, 1.165) is 16.9 Å². The van der Waals surface area contributed by atoms with Crippen molar-refractivity contribution in [3.8, 4) is 5.75 Å². The van der Waals surface area contributed by atoms with Crippen molar-refractivity contribution in [2.45, 2.75) is 26.9 Å². The number of amides is 1. The van der Waals surface area contributed by atoms with Gasteiger partial charge in [0, 0.05) is 12.6 Å². The number of carbonyl (C=O) groups excluding carboxylic acids is 1. The monoisotopic (exact) mass is 347 g/mol. The molecular formula is C18H25N3O4. The molecule has 0 unspecified atom stereocenters. The van der Waals surface area contributed by atoms with E-state index in [1.807, 2.05) is 32.0 Å². The summed E-state index contributed by atoms with van der Waals surface area (Å²) in [4.78, 5) is 13.6. The van der Waals surface area contributed by atoms with Crippen molar-refractivity contribution in [1.82, 2.24) is 10.1 Å². The second kappa shape index (κ2) is 8.64. The summed E-state index contributed by atoms with van der Waals surface area (Å²) in [5.41, 5.74) is 2.13. The van der Waals surface area contributed by atoms with E-state index in [2.05, 4.69) is 10.5 Å². The first kappa shape index (κ1) is 19.0. The third-order valence-electron chi connectivity index (χ3n) is 3.61. The molecule has 25 heavy (non-hydrogen) atoms. The molecule has 1 atom stereocenters. The Morgan fingerprint density at radius 1 is 1.36 bits per heavy atom. The number of aryl methyl sites for hydroxylation is 3. The summed E-state index contributed by atoms with van der Waals surface area (Å²) in [7, 11) is 1.76. The quantitative estimate of drug-likeness (QED) is 0.758. The molecule has 1 aromatic carbocycles. The van der Waals surface area contributed by atoms with Gasteiger partial charge < -0.3 is 19.7 Å². The number of carbonyl (C=O) groups is 1. The molecule has 2 N–H and O–H groups in total. The molecule has 0 aliphatic carbocycles. The number of hydrogen-bond donors (Lipinski definition) is 2. The number of nitrogens with one attached hydrogen (secondary N) is 1. The van der Waals surface area contributed by atoms with Gasteiger partial charge in [-0.25, -0.2) is 0 Å². The summed E-state index contributed by atoms with van der Waals surface area (Å²) in [5, 5.41) is 16.5. The fourth-order valence-corrected chi connectivity index (χ4v) is 2.38. The molecule has 0 fully saturated rings. The normalized spacial score (nSPS) is 12.2. The lowest BCUT2D eigenvalue weighted by molar-refractivity contribution is -0.117. The number of aliphatic hydroxyl groups excluding tert-OH is 1. The average molecular weight is 347 g/mol. The first-order valence-corrected chi connectivity index (χ1v) is 8.13. The van der Waals surface area contributed by atoms with Crippen molar-refractivity contribution in [3.63, 3.8) is 0 Å². The Kier molecular flexibility index (Phi) is 6.55. The van der Waals surface area contributed by atoms with Crippen molar-refractivity contribution < 1.29 is 19.2 Å². The van der Waals surface area contributed by atoms with Crippen LogP contribution in [0.1, 0.15) is 16.9 Å². The van der Waals surface area contributed by atoms with Gasteiger partial charge in [0.2, 0.25) is 5.91 Å². The molecule has 2 aromatic rings. The van der Waals surface area contributed by atoms with E-state index in [9.17, 15) is 9.90 Å². The van der Waals surface area contributed by atoms with Crippen LogP contribution in [0.25, 0.3) is 0 Å². The van der Waals surface area contributed by atoms with Crippen LogP contribution in [-0.2, 0) is 4.79 Å². The van der Waals surface area contributed by atoms with Crippen LogP contribution >= 0.6 is 0 Å². The van der Waals surface area contributed by atoms with Gasteiger partial charge in [0.15, 0.2) is 5.82 Å². The summed E-state index contributed by atoms with van der Waals surface area (Å²) < 4.78 is 10.6. The molecule has 0 saturated heterocycles. The van der Waals surface area contributed by atoms with E-state index < -0.39 is 6.10 Å². The lowest BCUT2D eigenvalue weighted by Gasteiger charge is -2.20. The number of aliphatic hydroxyl groups is 1. The van der Waals surface area contributed by atoms with Gasteiger partial charge in [0.05, 0.1) is 6.54 Å². The molecule has 0 bridgehead atoms. The highest BCUT2D eigenvalue weighted by Crippen LogP contribution is 2.19. The molecule has 0 aliphatic rings. The highest BCUT2D eigenvalue weighted by Gasteiger charge is 2.14. The minimum atomic E-state index is -0.702. The Bertz CT molecular complexity index is 714. The van der Waals surface area contributed by atoms with Crippen molar-refractivity contribution >= 4 is 11.7 Å². The molecule has 7 nitrogen and oxygen atoms in total. The van der Waals surface area contributed by atoms with Crippen molar-refractivity contribution in [2.75, 3.05) is 32.1 Å². The summed E-state index contributed by atoms with van der Waals surface area (Å²) in [6.45, 7) is 6.32. The predicted molar refractivity (Wildman–Crippen MR) is 94.8 cm³/mol. The molecule has 0 saturated carbocycles. The zero-order valence-electron chi connectivity index (χ0n) is 15.1. The zero-order valence-corrected chi connectivity index (χ0v) is 15.1. The first-order chi connectivity index (χ1) is 11.8. The first-order valence-electron chi connectivity index (χ1n) is 8.13. The lowest BCUT2D eigenvalue weighted by atomic mass is 10.1. The van der Waals surface area contributed by atoms with Gasteiger partial charge in [-0.3, -0.25) is 9.69 Å². The van der Waals surface area contributed by atoms with Crippen LogP contribution in [0.4, 0.5) is 5.82 Å². The SMILES string of the molecule is Cc1ccc(C)c(OC[C@H](O)CN(C)CC(=O)Nc2cc(C)on2)c1.